The van der Waals surface area contributed by atoms with Crippen LogP contribution in [0.15, 0.2) is 24.3 Å². The lowest BCUT2D eigenvalue weighted by Crippen LogP contribution is -2.24. The normalized spacial score (nSPS) is 15.4. The molecular weight excluding hydrogens is 741 g/mol. The van der Waals surface area contributed by atoms with Gasteiger partial charge in [-0.25, -0.2) is 4.79 Å². The Bertz CT molecular complexity index is 1370. The Morgan fingerprint density at radius 1 is 0.552 bits per heavy atom. The van der Waals surface area contributed by atoms with E-state index in [1.807, 2.05) is 12.0 Å². The summed E-state index contributed by atoms with van der Waals surface area (Å²) in [4.78, 5) is 22.6. The Morgan fingerprint density at radius 2 is 1.10 bits per heavy atom. The van der Waals surface area contributed by atoms with Gasteiger partial charge in [-0.3, -0.25) is 4.79 Å². The summed E-state index contributed by atoms with van der Waals surface area (Å²) in [6.07, 6.45) is 24.0. The number of aliphatic carboxylic acids is 1. The summed E-state index contributed by atoms with van der Waals surface area (Å²) >= 11 is 0. The number of rotatable bonds is 33. The molecule has 11 heteroatoms. The summed E-state index contributed by atoms with van der Waals surface area (Å²) in [5.41, 5.74) is 0. The molecule has 0 radical (unpaired) electrons. The number of carboxylic acid groups (broad SMARTS) is 1. The first-order chi connectivity index (χ1) is 27.8. The minimum atomic E-state index is -1.37. The van der Waals surface area contributed by atoms with Crippen LogP contribution < -0.4 is 0 Å². The molecule has 0 amide bonds. The fourth-order valence-corrected chi connectivity index (χ4v) is 5.99. The number of ketones is 1. The van der Waals surface area contributed by atoms with E-state index in [2.05, 4.69) is 41.6 Å². The quantitative estimate of drug-likeness (QED) is 0.0243. The largest absolute Gasteiger partial charge is 0.472 e. The Balaban J connectivity index is 3.75. The minimum absolute atomic E-state index is 0.181. The third-order valence-corrected chi connectivity index (χ3v) is 9.54. The number of carbonyl (C=O) groups excluding carboxylic acids is 1. The van der Waals surface area contributed by atoms with Gasteiger partial charge in [0.05, 0.1) is 24.4 Å². The Morgan fingerprint density at radius 3 is 1.71 bits per heavy atom. The molecule has 0 aromatic rings. The lowest BCUT2D eigenvalue weighted by atomic mass is 10.0. The van der Waals surface area contributed by atoms with Gasteiger partial charge in [0.15, 0.2) is 6.10 Å². The van der Waals surface area contributed by atoms with E-state index < -0.39 is 48.7 Å². The van der Waals surface area contributed by atoms with Crippen LogP contribution in [0.3, 0.4) is 0 Å². The maximum absolute atomic E-state index is 12.2. The van der Waals surface area contributed by atoms with Gasteiger partial charge in [-0.2, -0.15) is 0 Å². The highest BCUT2D eigenvalue weighted by atomic mass is 16.4. The Kier molecular flexibility index (Phi) is 35.5. The smallest absolute Gasteiger partial charge is 0.381 e. The van der Waals surface area contributed by atoms with Crippen molar-refractivity contribution in [1.29, 1.82) is 0 Å². The van der Waals surface area contributed by atoms with Gasteiger partial charge < -0.3 is 46.0 Å². The lowest BCUT2D eigenvalue weighted by molar-refractivity contribution is -0.130. The molecule has 0 rings (SSSR count). The molecule has 8 unspecified atom stereocenters. The van der Waals surface area contributed by atoms with Crippen molar-refractivity contribution in [2.45, 2.75) is 209 Å². The molecule has 0 saturated carbocycles. The molecule has 0 aromatic carbocycles. The van der Waals surface area contributed by atoms with Crippen molar-refractivity contribution in [3.05, 3.63) is 24.3 Å². The third-order valence-electron chi connectivity index (χ3n) is 9.54. The number of hydrogen-bond acceptors (Lipinski definition) is 10. The van der Waals surface area contributed by atoms with Crippen LogP contribution in [0.2, 0.25) is 0 Å². The topological polar surface area (TPSA) is 216 Å². The van der Waals surface area contributed by atoms with Crippen molar-refractivity contribution >= 4 is 11.8 Å². The summed E-state index contributed by atoms with van der Waals surface area (Å²) in [5.74, 6) is 15.2. The van der Waals surface area contributed by atoms with E-state index in [-0.39, 0.29) is 18.3 Å². The summed E-state index contributed by atoms with van der Waals surface area (Å²) in [7, 11) is 0. The van der Waals surface area contributed by atoms with E-state index >= 15 is 0 Å². The maximum atomic E-state index is 12.2. The van der Waals surface area contributed by atoms with E-state index in [4.69, 9.17) is 11.5 Å². The third kappa shape index (κ3) is 35.7. The fraction of sp³-hybridized carbons (Fsp3) is 0.702. The van der Waals surface area contributed by atoms with Crippen LogP contribution in [-0.4, -0.2) is 107 Å². The Labute approximate surface area is 348 Å². The van der Waals surface area contributed by atoms with Gasteiger partial charge >= 0.3 is 5.97 Å². The van der Waals surface area contributed by atoms with Gasteiger partial charge in [-0.15, -0.1) is 6.42 Å². The molecule has 8 atom stereocenters. The zero-order valence-corrected chi connectivity index (χ0v) is 34.5. The number of aliphatic hydroxyl groups excluding tert-OH is 8. The maximum Gasteiger partial charge on any atom is 0.381 e. The minimum Gasteiger partial charge on any atom is -0.472 e. The van der Waals surface area contributed by atoms with Crippen LogP contribution in [0.1, 0.15) is 161 Å². The number of unbranched alkanes of at least 4 members (excludes halogenated alkanes) is 14. The fourth-order valence-electron chi connectivity index (χ4n) is 5.99. The molecule has 0 aliphatic rings. The van der Waals surface area contributed by atoms with E-state index in [9.17, 15) is 50.4 Å². The van der Waals surface area contributed by atoms with Crippen LogP contribution in [0.25, 0.3) is 0 Å². The first-order valence-corrected chi connectivity index (χ1v) is 21.3. The number of aliphatic hydroxyl groups is 8. The van der Waals surface area contributed by atoms with Crippen LogP contribution in [0.4, 0.5) is 0 Å². The average molecular weight is 813 g/mol. The number of carbonyl (C=O) groups is 2. The van der Waals surface area contributed by atoms with Crippen LogP contribution in [0.5, 0.6) is 0 Å². The molecule has 0 aliphatic carbocycles. The summed E-state index contributed by atoms with van der Waals surface area (Å²) in [6.45, 7) is 0. The molecule has 11 nitrogen and oxygen atoms in total. The van der Waals surface area contributed by atoms with Gasteiger partial charge in [0.25, 0.3) is 0 Å². The monoisotopic (exact) mass is 813 g/mol. The summed E-state index contributed by atoms with van der Waals surface area (Å²) in [6, 6.07) is 0. The van der Waals surface area contributed by atoms with Crippen molar-refractivity contribution in [3.63, 3.8) is 0 Å². The first-order valence-electron chi connectivity index (χ1n) is 21.3. The van der Waals surface area contributed by atoms with Crippen molar-refractivity contribution < 1.29 is 55.5 Å². The van der Waals surface area contributed by atoms with E-state index in [1.54, 1.807) is 0 Å². The van der Waals surface area contributed by atoms with E-state index in [0.717, 1.165) is 70.6 Å². The van der Waals surface area contributed by atoms with Crippen LogP contribution in [0, 0.1) is 47.9 Å². The second-order valence-electron chi connectivity index (χ2n) is 14.9. The van der Waals surface area contributed by atoms with Gasteiger partial charge in [-0.1, -0.05) is 124 Å². The van der Waals surface area contributed by atoms with Gasteiger partial charge in [0.2, 0.25) is 0 Å². The number of terminal acetylenes is 1. The van der Waals surface area contributed by atoms with E-state index in [1.165, 1.54) is 44.3 Å². The number of allylic oxidation sites excluding steroid dienone is 1. The molecule has 0 aromatic heterocycles. The second kappa shape index (κ2) is 37.8. The van der Waals surface area contributed by atoms with Crippen LogP contribution >= 0.6 is 0 Å². The summed E-state index contributed by atoms with van der Waals surface area (Å²) < 4.78 is 0. The second-order valence-corrected chi connectivity index (χ2v) is 14.9. The standard InChI is InChI=1S/C47H72O11/c1-2-38(48)32-33-42(52)29-23-31-44(54)45(55)35-34-41(51)28-21-16-15-20-27-40(50)26-19-13-10-12-18-25-39(49)24-17-11-8-6-4-3-5-7-9-14-22-30-43(53)46(56)36-37-47(57)58/h1,12,18,32-33,38-39,41-46,48-49,51-56H,3-11,13-17,19-20,22-27,29-31H2,(H,57,58)/b18-12+,33-32+. The number of Topliss-reactive ketones (excluding diaryl/α,β-unsaturated/α-hetero) is 1. The summed E-state index contributed by atoms with van der Waals surface area (Å²) in [5, 5.41) is 87.2. The van der Waals surface area contributed by atoms with Crippen LogP contribution in [-0.2, 0) is 9.59 Å². The van der Waals surface area contributed by atoms with Crippen molar-refractivity contribution in [1.82, 2.24) is 0 Å². The average Bonchev–Trinajstić information content (AvgIpc) is 3.20. The first kappa shape index (κ1) is 54.5. The van der Waals surface area contributed by atoms with Crippen molar-refractivity contribution in [3.8, 4) is 47.9 Å². The van der Waals surface area contributed by atoms with Gasteiger partial charge in [0.1, 0.15) is 24.1 Å². The SMILES string of the molecule is C#CC(O)/C=C/C(O)CCCC(O)C(O)C#CC(O)C#CCCCCC(=O)CCCC/C=C/CC(O)CCCCCCCCCCCCCC(O)C(O)C#CC(=O)O. The van der Waals surface area contributed by atoms with Crippen molar-refractivity contribution in [2.24, 2.45) is 0 Å². The van der Waals surface area contributed by atoms with Gasteiger partial charge in [0, 0.05) is 25.2 Å². The molecule has 0 heterocycles. The highest BCUT2D eigenvalue weighted by Crippen LogP contribution is 2.15. The van der Waals surface area contributed by atoms with Gasteiger partial charge in [-0.05, 0) is 76.7 Å². The number of carboxylic acids is 1. The van der Waals surface area contributed by atoms with Crippen molar-refractivity contribution in [2.75, 3.05) is 0 Å². The van der Waals surface area contributed by atoms with E-state index in [0.29, 0.717) is 51.4 Å². The molecule has 0 spiro atoms. The number of hydrogen-bond donors (Lipinski definition) is 9. The zero-order valence-electron chi connectivity index (χ0n) is 34.5. The predicted molar refractivity (Wildman–Crippen MR) is 227 cm³/mol. The molecule has 0 aliphatic heterocycles. The molecular formula is C47H72O11. The molecule has 326 valence electrons. The predicted octanol–water partition coefficient (Wildman–Crippen LogP) is 5.04. The lowest BCUT2D eigenvalue weighted by Gasteiger charge is -2.13. The zero-order chi connectivity index (χ0) is 43.2. The molecule has 0 bridgehead atoms. The highest BCUT2D eigenvalue weighted by molar-refractivity contribution is 5.86. The molecule has 58 heavy (non-hydrogen) atoms. The molecule has 0 fully saturated rings. The highest BCUT2D eigenvalue weighted by Gasteiger charge is 2.15. The molecule has 0 saturated heterocycles. The molecule has 9 N–H and O–H groups in total. The Hall–Kier alpha value is -3.46.